The Morgan fingerprint density at radius 3 is 1.78 bits per heavy atom. The number of aromatic nitrogens is 8. The molecule has 0 saturated carbocycles. The van der Waals surface area contributed by atoms with Gasteiger partial charge in [-0.15, -0.1) is 0 Å². The van der Waals surface area contributed by atoms with E-state index in [1.165, 1.54) is 55.1 Å². The molecule has 0 aliphatic rings. The first-order valence-electron chi connectivity index (χ1n) is 25.6. The van der Waals surface area contributed by atoms with E-state index in [1.54, 1.807) is 63.6 Å². The Hall–Kier alpha value is -9.12. The third-order valence-electron chi connectivity index (χ3n) is 12.6. The van der Waals surface area contributed by atoms with E-state index in [1.807, 2.05) is 13.8 Å². The summed E-state index contributed by atoms with van der Waals surface area (Å²) in [7, 11) is 2.95. The summed E-state index contributed by atoms with van der Waals surface area (Å²) in [4.78, 5) is 126. The number of hydrogen-bond donors (Lipinski definition) is 7. The van der Waals surface area contributed by atoms with E-state index in [9.17, 15) is 43.2 Å². The van der Waals surface area contributed by atoms with E-state index < -0.39 is 53.4 Å². The molecule has 0 fully saturated rings. The Kier molecular flexibility index (Phi) is 20.9. The van der Waals surface area contributed by atoms with Crippen LogP contribution in [0.1, 0.15) is 93.1 Å². The van der Waals surface area contributed by atoms with E-state index in [4.69, 9.17) is 36.8 Å². The number of rotatable bonds is 30. The number of benzene rings is 2. The summed E-state index contributed by atoms with van der Waals surface area (Å²) in [5.41, 5.74) is 20.3. The van der Waals surface area contributed by atoms with Crippen molar-refractivity contribution in [2.24, 2.45) is 17.2 Å². The van der Waals surface area contributed by atoms with Crippen molar-refractivity contribution in [1.82, 2.24) is 53.8 Å². The molecule has 6 rings (SSSR count). The monoisotopic (exact) mass is 1140 g/mol. The highest BCUT2D eigenvalue weighted by Gasteiger charge is 2.25. The quantitative estimate of drug-likeness (QED) is 0.0193. The first-order valence-corrected chi connectivity index (χ1v) is 26.7. The molecule has 6 aromatic rings. The minimum Gasteiger partial charge on any atom is -0.494 e. The number of imide groups is 1. The predicted molar refractivity (Wildman–Crippen MR) is 299 cm³/mol. The number of carbonyl (C=O) groups is 9. The van der Waals surface area contributed by atoms with E-state index in [0.717, 1.165) is 4.90 Å². The van der Waals surface area contributed by atoms with Gasteiger partial charge in [0.15, 0.2) is 0 Å². The molecule has 4 heterocycles. The highest BCUT2D eigenvalue weighted by Crippen LogP contribution is 2.33. The molecule has 2 aromatic carbocycles. The number of carbonyl (C=O) groups excluding carboxylic acids is 8. The Balaban J connectivity index is 1.20. The molecule has 10 N–H and O–H groups in total. The number of methoxy groups -OCH3 is 1. The number of thioether (sulfide) groups is 1. The number of nitrogens with two attached hydrogens (primary N) is 3. The number of anilines is 2. The van der Waals surface area contributed by atoms with Crippen LogP contribution in [-0.2, 0) is 50.2 Å². The van der Waals surface area contributed by atoms with Crippen molar-refractivity contribution in [2.75, 3.05) is 56.8 Å². The molecule has 0 bridgehead atoms. The van der Waals surface area contributed by atoms with Crippen LogP contribution in [0.15, 0.2) is 48.6 Å². The average Bonchev–Trinajstić information content (AvgIpc) is 4.22. The molecule has 2 atom stereocenters. The SMILES string of the molecule is CCn1nc(C)cc1C(=O)Nc1nc2cc(C(N)=O)cc(OC)c2n1C/C=C/Cn1c(NC(=O)c2cc(C)nn2CC)nc2cc(C(N)=O)cc(OCCCN(C)C(=O)CNC(=O)CCN(C=O)C(=O)CC(C)SC[C@H](N)C(=O)O)c21. The van der Waals surface area contributed by atoms with Gasteiger partial charge >= 0.3 is 5.97 Å². The molecular weight excluding hydrogens is 1070 g/mol. The second-order valence-electron chi connectivity index (χ2n) is 18.6. The highest BCUT2D eigenvalue weighted by atomic mass is 32.2. The molecule has 28 nitrogen and oxygen atoms in total. The summed E-state index contributed by atoms with van der Waals surface area (Å²) < 4.78 is 18.5. The number of nitrogens with zero attached hydrogens (tertiary/aromatic N) is 10. The van der Waals surface area contributed by atoms with Gasteiger partial charge in [-0.3, -0.25) is 68.0 Å². The molecular formula is C52H66N16O12S. The van der Waals surface area contributed by atoms with Gasteiger partial charge in [0.25, 0.3) is 11.8 Å². The number of amides is 8. The van der Waals surface area contributed by atoms with Crippen LogP contribution >= 0.6 is 11.8 Å². The lowest BCUT2D eigenvalue weighted by Crippen LogP contribution is -2.40. The van der Waals surface area contributed by atoms with Crippen molar-refractivity contribution in [1.29, 1.82) is 0 Å². The number of carboxylic acids is 1. The first-order chi connectivity index (χ1) is 38.6. The van der Waals surface area contributed by atoms with Crippen LogP contribution in [0.5, 0.6) is 11.5 Å². The van der Waals surface area contributed by atoms with Gasteiger partial charge in [-0.05, 0) is 70.5 Å². The molecule has 8 amide bonds. The molecule has 1 unspecified atom stereocenters. The smallest absolute Gasteiger partial charge is 0.321 e. The number of fused-ring (bicyclic) bond motifs is 2. The maximum atomic E-state index is 14.0. The molecule has 0 spiro atoms. The summed E-state index contributed by atoms with van der Waals surface area (Å²) in [6.45, 7) is 9.38. The number of aliphatic carboxylic acids is 1. The Bertz CT molecular complexity index is 3400. The summed E-state index contributed by atoms with van der Waals surface area (Å²) in [6.07, 6.45) is 3.74. The second-order valence-corrected chi connectivity index (χ2v) is 20.1. The predicted octanol–water partition coefficient (Wildman–Crippen LogP) is 2.05. The molecule has 81 heavy (non-hydrogen) atoms. The van der Waals surface area contributed by atoms with Crippen LogP contribution in [0.2, 0.25) is 0 Å². The first kappa shape index (κ1) is 61.1. The van der Waals surface area contributed by atoms with Crippen LogP contribution in [0.25, 0.3) is 22.1 Å². The molecule has 4 aromatic heterocycles. The normalized spacial score (nSPS) is 12.0. The number of ether oxygens (including phenoxy) is 2. The zero-order valence-electron chi connectivity index (χ0n) is 45.9. The van der Waals surface area contributed by atoms with Crippen LogP contribution < -0.4 is 42.6 Å². The van der Waals surface area contributed by atoms with Crippen molar-refractivity contribution >= 4 is 99.5 Å². The van der Waals surface area contributed by atoms with Crippen LogP contribution in [-0.4, -0.2) is 165 Å². The number of hydrogen-bond acceptors (Lipinski definition) is 17. The van der Waals surface area contributed by atoms with Crippen LogP contribution in [0, 0.1) is 13.8 Å². The summed E-state index contributed by atoms with van der Waals surface area (Å²) >= 11 is 1.17. The fourth-order valence-electron chi connectivity index (χ4n) is 8.41. The molecule has 0 aliphatic heterocycles. The zero-order chi connectivity index (χ0) is 59.2. The summed E-state index contributed by atoms with van der Waals surface area (Å²) in [5.74, 6) is -4.61. The lowest BCUT2D eigenvalue weighted by atomic mass is 10.1. The van der Waals surface area contributed by atoms with Crippen LogP contribution in [0.3, 0.4) is 0 Å². The second kappa shape index (κ2) is 27.7. The number of primary amides is 2. The lowest BCUT2D eigenvalue weighted by Gasteiger charge is -2.19. The van der Waals surface area contributed by atoms with Gasteiger partial charge in [0.1, 0.15) is 40.0 Å². The average molecular weight is 1140 g/mol. The largest absolute Gasteiger partial charge is 0.494 e. The molecule has 432 valence electrons. The maximum Gasteiger partial charge on any atom is 0.321 e. The van der Waals surface area contributed by atoms with Gasteiger partial charge in [-0.25, -0.2) is 9.97 Å². The number of nitrogens with one attached hydrogen (secondary N) is 3. The number of carboxylic acid groups (broad SMARTS) is 1. The Morgan fingerprint density at radius 2 is 1.30 bits per heavy atom. The van der Waals surface area contributed by atoms with Crippen molar-refractivity contribution < 1.29 is 57.7 Å². The fourth-order valence-corrected chi connectivity index (χ4v) is 9.35. The highest BCUT2D eigenvalue weighted by molar-refractivity contribution is 7.99. The van der Waals surface area contributed by atoms with Crippen molar-refractivity contribution in [3.05, 3.63) is 82.5 Å². The topological polar surface area (TPSA) is 384 Å². The summed E-state index contributed by atoms with van der Waals surface area (Å²) in [6, 6.07) is 8.05. The fraction of sp³-hybridized carbons (Fsp3) is 0.404. The van der Waals surface area contributed by atoms with E-state index in [-0.39, 0.29) is 115 Å². The van der Waals surface area contributed by atoms with E-state index in [0.29, 0.717) is 53.1 Å². The summed E-state index contributed by atoms with van der Waals surface area (Å²) in [5, 5.41) is 25.7. The van der Waals surface area contributed by atoms with Gasteiger partial charge in [0.05, 0.1) is 42.7 Å². The van der Waals surface area contributed by atoms with Crippen LogP contribution in [0.4, 0.5) is 11.9 Å². The Labute approximate surface area is 468 Å². The van der Waals surface area contributed by atoms with Gasteiger partial charge < -0.3 is 51.1 Å². The lowest BCUT2D eigenvalue weighted by molar-refractivity contribution is -0.139. The minimum atomic E-state index is -1.18. The zero-order valence-corrected chi connectivity index (χ0v) is 46.7. The van der Waals surface area contributed by atoms with E-state index in [2.05, 4.69) is 31.1 Å². The van der Waals surface area contributed by atoms with Crippen molar-refractivity contribution in [3.63, 3.8) is 0 Å². The van der Waals surface area contributed by atoms with Gasteiger partial charge in [-0.2, -0.15) is 22.0 Å². The molecule has 0 aliphatic carbocycles. The number of imidazole rings is 2. The number of allylic oxidation sites excluding steroid dienone is 2. The maximum absolute atomic E-state index is 14.0. The van der Waals surface area contributed by atoms with Crippen molar-refractivity contribution in [3.8, 4) is 11.5 Å². The third-order valence-corrected chi connectivity index (χ3v) is 13.9. The van der Waals surface area contributed by atoms with E-state index >= 15 is 0 Å². The van der Waals surface area contributed by atoms with Gasteiger partial charge in [-0.1, -0.05) is 19.1 Å². The Morgan fingerprint density at radius 1 is 0.778 bits per heavy atom. The number of likely N-dealkylation sites (N-methyl/N-ethyl adjacent to an activating group) is 1. The third kappa shape index (κ3) is 15.4. The molecule has 29 heteroatoms. The molecule has 0 radical (unpaired) electrons. The standard InChI is InChI=1S/C52H66N16O12S/c1-8-67-37(19-29(3)61-67)48(75)59-51-57-35-22-32(46(54)73)24-39(79-7)44(35)65(51)15-10-11-16-66-45-36(58-52(66)60-49(76)38-20-30(4)62-68(38)9-2)23-33(47(55)74)25-40(45)80-18-12-14-63(6)43(72)26-56-41(70)13-17-64(28-69)42(71)21-31(5)81-27-34(53)50(77)78/h10-11,19-20,22-25,28,31,34H,8-9,12-18,21,26-27,53H2,1-7H3,(H2,54,73)(H2,55,74)(H,56,70)(H,77,78)(H,57,59,75)(H,58,60,76)/b11-10+/t31?,34-/m0/s1. The minimum absolute atomic E-state index is 0.00186. The number of aryl methyl sites for hydroxylation is 4. The van der Waals surface area contributed by atoms with Crippen molar-refractivity contribution in [2.45, 2.75) is 91.4 Å². The van der Waals surface area contributed by atoms with Gasteiger partial charge in [0, 0.05) is 81.3 Å². The van der Waals surface area contributed by atoms with Gasteiger partial charge in [0.2, 0.25) is 47.8 Å². The molecule has 0 saturated heterocycles.